The first-order valence-electron chi connectivity index (χ1n) is 7.61. The Bertz CT molecular complexity index is 942. The molecule has 0 aromatic heterocycles. The van der Waals surface area contributed by atoms with Crippen LogP contribution in [0.25, 0.3) is 0 Å². The Morgan fingerprint density at radius 3 is 2.22 bits per heavy atom. The lowest BCUT2D eigenvalue weighted by Crippen LogP contribution is -2.27. The van der Waals surface area contributed by atoms with E-state index >= 15 is 0 Å². The van der Waals surface area contributed by atoms with Crippen LogP contribution in [-0.4, -0.2) is 32.7 Å². The van der Waals surface area contributed by atoms with Crippen LogP contribution in [0.3, 0.4) is 0 Å². The SMILES string of the molecule is CNC(=O)c1ccc(CN(C)S(=O)(=O)c2ccc(F)c(C(F)(F)F)c2)cc1. The highest BCUT2D eigenvalue weighted by molar-refractivity contribution is 7.89. The average molecular weight is 404 g/mol. The lowest BCUT2D eigenvalue weighted by molar-refractivity contribution is -0.140. The van der Waals surface area contributed by atoms with Gasteiger partial charge in [0.1, 0.15) is 5.82 Å². The second-order valence-corrected chi connectivity index (χ2v) is 7.72. The Kier molecular flexibility index (Phi) is 5.91. The van der Waals surface area contributed by atoms with Crippen molar-refractivity contribution < 1.29 is 30.8 Å². The lowest BCUT2D eigenvalue weighted by Gasteiger charge is -2.18. The van der Waals surface area contributed by atoms with Crippen LogP contribution in [0.1, 0.15) is 21.5 Å². The van der Waals surface area contributed by atoms with Crippen molar-refractivity contribution in [1.29, 1.82) is 0 Å². The summed E-state index contributed by atoms with van der Waals surface area (Å²) in [7, 11) is -1.62. The Labute approximate surface area is 153 Å². The zero-order chi connectivity index (χ0) is 20.4. The minimum atomic E-state index is -5.01. The van der Waals surface area contributed by atoms with Gasteiger partial charge in [0, 0.05) is 26.2 Å². The normalized spacial score (nSPS) is 12.3. The number of halogens is 4. The van der Waals surface area contributed by atoms with E-state index in [-0.39, 0.29) is 18.5 Å². The average Bonchev–Trinajstić information content (AvgIpc) is 2.60. The molecule has 0 saturated heterocycles. The number of rotatable bonds is 5. The molecule has 1 amide bonds. The van der Waals surface area contributed by atoms with Gasteiger partial charge < -0.3 is 5.32 Å². The monoisotopic (exact) mass is 404 g/mol. The highest BCUT2D eigenvalue weighted by Gasteiger charge is 2.36. The van der Waals surface area contributed by atoms with Crippen LogP contribution in [-0.2, 0) is 22.7 Å². The van der Waals surface area contributed by atoms with E-state index in [4.69, 9.17) is 0 Å². The van der Waals surface area contributed by atoms with Gasteiger partial charge in [0.05, 0.1) is 10.5 Å². The van der Waals surface area contributed by atoms with Crippen molar-refractivity contribution in [2.45, 2.75) is 17.6 Å². The molecule has 0 bridgehead atoms. The van der Waals surface area contributed by atoms with Crippen LogP contribution >= 0.6 is 0 Å². The highest BCUT2D eigenvalue weighted by atomic mass is 32.2. The summed E-state index contributed by atoms with van der Waals surface area (Å²) < 4.78 is 77.7. The number of nitrogens with one attached hydrogen (secondary N) is 1. The Hall–Kier alpha value is -2.46. The topological polar surface area (TPSA) is 66.5 Å². The molecule has 2 rings (SSSR count). The van der Waals surface area contributed by atoms with Gasteiger partial charge in [-0.1, -0.05) is 12.1 Å². The van der Waals surface area contributed by atoms with Gasteiger partial charge in [-0.25, -0.2) is 12.8 Å². The molecule has 2 aromatic carbocycles. The van der Waals surface area contributed by atoms with Crippen molar-refractivity contribution in [1.82, 2.24) is 9.62 Å². The molecular weight excluding hydrogens is 388 g/mol. The summed E-state index contributed by atoms with van der Waals surface area (Å²) in [4.78, 5) is 10.8. The van der Waals surface area contributed by atoms with E-state index in [1.807, 2.05) is 0 Å². The zero-order valence-corrected chi connectivity index (χ0v) is 15.2. The molecule has 0 unspecified atom stereocenters. The number of carbonyl (C=O) groups is 1. The molecule has 0 heterocycles. The fourth-order valence-electron chi connectivity index (χ4n) is 2.31. The van der Waals surface area contributed by atoms with Gasteiger partial charge in [0.15, 0.2) is 0 Å². The minimum Gasteiger partial charge on any atom is -0.355 e. The van der Waals surface area contributed by atoms with Crippen molar-refractivity contribution >= 4 is 15.9 Å². The Balaban J connectivity index is 2.27. The molecule has 10 heteroatoms. The summed E-state index contributed by atoms with van der Waals surface area (Å²) in [6.07, 6.45) is -5.01. The summed E-state index contributed by atoms with van der Waals surface area (Å²) in [6.45, 7) is -0.144. The van der Waals surface area contributed by atoms with Crippen molar-refractivity contribution in [3.8, 4) is 0 Å². The van der Waals surface area contributed by atoms with Gasteiger partial charge in [-0.15, -0.1) is 0 Å². The molecule has 146 valence electrons. The van der Waals surface area contributed by atoms with E-state index < -0.39 is 32.5 Å². The molecule has 0 aliphatic rings. The van der Waals surface area contributed by atoms with Crippen LogP contribution in [0.5, 0.6) is 0 Å². The number of benzene rings is 2. The zero-order valence-electron chi connectivity index (χ0n) is 14.3. The van der Waals surface area contributed by atoms with Crippen molar-refractivity contribution in [3.05, 3.63) is 65.0 Å². The smallest absolute Gasteiger partial charge is 0.355 e. The molecule has 1 N–H and O–H groups in total. The van der Waals surface area contributed by atoms with Gasteiger partial charge in [0.2, 0.25) is 10.0 Å². The molecule has 0 fully saturated rings. The number of sulfonamides is 1. The lowest BCUT2D eigenvalue weighted by atomic mass is 10.1. The maximum Gasteiger partial charge on any atom is 0.419 e. The molecular formula is C17H16F4N2O3S. The number of hydrogen-bond acceptors (Lipinski definition) is 3. The van der Waals surface area contributed by atoms with Gasteiger partial charge in [-0.05, 0) is 35.9 Å². The number of amides is 1. The number of hydrogen-bond donors (Lipinski definition) is 1. The Morgan fingerprint density at radius 2 is 1.70 bits per heavy atom. The third-order valence-corrected chi connectivity index (χ3v) is 5.60. The molecule has 0 aliphatic heterocycles. The number of carbonyl (C=O) groups excluding carboxylic acids is 1. The van der Waals surface area contributed by atoms with Gasteiger partial charge in [0.25, 0.3) is 5.91 Å². The summed E-state index contributed by atoms with van der Waals surface area (Å²) >= 11 is 0. The molecule has 0 radical (unpaired) electrons. The molecule has 0 atom stereocenters. The van der Waals surface area contributed by atoms with Crippen molar-refractivity contribution in [2.24, 2.45) is 0 Å². The summed E-state index contributed by atoms with van der Waals surface area (Å²) in [5.74, 6) is -1.86. The number of nitrogens with zero attached hydrogens (tertiary/aromatic N) is 1. The molecule has 0 saturated carbocycles. The second-order valence-electron chi connectivity index (χ2n) is 5.68. The van der Waals surface area contributed by atoms with Gasteiger partial charge in [-0.2, -0.15) is 17.5 Å². The fourth-order valence-corrected chi connectivity index (χ4v) is 3.50. The highest BCUT2D eigenvalue weighted by Crippen LogP contribution is 2.33. The largest absolute Gasteiger partial charge is 0.419 e. The summed E-state index contributed by atoms with van der Waals surface area (Å²) in [5, 5.41) is 2.44. The maximum absolute atomic E-state index is 13.4. The molecule has 0 aliphatic carbocycles. The fraction of sp³-hybridized carbons (Fsp3) is 0.235. The van der Waals surface area contributed by atoms with Crippen molar-refractivity contribution in [2.75, 3.05) is 14.1 Å². The third kappa shape index (κ3) is 4.64. The van der Waals surface area contributed by atoms with E-state index in [1.54, 1.807) is 0 Å². The van der Waals surface area contributed by atoms with E-state index in [9.17, 15) is 30.8 Å². The van der Waals surface area contributed by atoms with Crippen LogP contribution in [0, 0.1) is 5.82 Å². The molecule has 0 spiro atoms. The predicted molar refractivity (Wildman–Crippen MR) is 89.9 cm³/mol. The Morgan fingerprint density at radius 1 is 1.11 bits per heavy atom. The van der Waals surface area contributed by atoms with E-state index in [1.165, 1.54) is 38.4 Å². The van der Waals surface area contributed by atoms with Crippen LogP contribution < -0.4 is 5.32 Å². The number of alkyl halides is 3. The summed E-state index contributed by atoms with van der Waals surface area (Å²) in [6, 6.07) is 7.58. The molecule has 5 nitrogen and oxygen atoms in total. The quantitative estimate of drug-likeness (QED) is 0.779. The second kappa shape index (κ2) is 7.65. The summed E-state index contributed by atoms with van der Waals surface area (Å²) in [5.41, 5.74) is -0.751. The standard InChI is InChI=1S/C17H16F4N2O3S/c1-22-16(24)12-5-3-11(4-6-12)10-23(2)27(25,26)13-7-8-15(18)14(9-13)17(19,20)21/h3-9H,10H2,1-2H3,(H,22,24). The molecule has 2 aromatic rings. The van der Waals surface area contributed by atoms with E-state index in [2.05, 4.69) is 5.32 Å². The van der Waals surface area contributed by atoms with Crippen LogP contribution in [0.15, 0.2) is 47.4 Å². The van der Waals surface area contributed by atoms with Gasteiger partial charge in [-0.3, -0.25) is 4.79 Å². The molecule has 27 heavy (non-hydrogen) atoms. The van der Waals surface area contributed by atoms with Crippen molar-refractivity contribution in [3.63, 3.8) is 0 Å². The first-order valence-corrected chi connectivity index (χ1v) is 9.05. The predicted octanol–water partition coefficient (Wildman–Crippen LogP) is 3.02. The first-order chi connectivity index (χ1) is 12.5. The van der Waals surface area contributed by atoms with E-state index in [0.29, 0.717) is 17.2 Å². The van der Waals surface area contributed by atoms with Crippen LogP contribution in [0.2, 0.25) is 0 Å². The van der Waals surface area contributed by atoms with E-state index in [0.717, 1.165) is 10.4 Å². The maximum atomic E-state index is 13.4. The van der Waals surface area contributed by atoms with Crippen LogP contribution in [0.4, 0.5) is 17.6 Å². The third-order valence-electron chi connectivity index (χ3n) is 3.80. The first kappa shape index (κ1) is 20.8. The van der Waals surface area contributed by atoms with Gasteiger partial charge >= 0.3 is 6.18 Å². The minimum absolute atomic E-state index is 0.144.